The number of fused-ring (bicyclic) bond motifs is 3. The van der Waals surface area contributed by atoms with Gasteiger partial charge in [-0.05, 0) is 128 Å². The molecule has 6 aromatic carbocycles. The number of imidazole rings is 1. The summed E-state index contributed by atoms with van der Waals surface area (Å²) in [6, 6.07) is 52.9. The van der Waals surface area contributed by atoms with Crippen LogP contribution in [0.4, 0.5) is 0 Å². The lowest BCUT2D eigenvalue weighted by molar-refractivity contribution is -0.611. The lowest BCUT2D eigenvalue weighted by atomic mass is 9.78. The number of pyridine rings is 1. The zero-order chi connectivity index (χ0) is 50.1. The van der Waals surface area contributed by atoms with Crippen molar-refractivity contribution in [3.05, 3.63) is 197 Å². The Morgan fingerprint density at radius 1 is 0.529 bits per heavy atom. The molecule has 0 aliphatic heterocycles. The summed E-state index contributed by atoms with van der Waals surface area (Å²) >= 11 is 0. The van der Waals surface area contributed by atoms with Crippen LogP contribution in [-0.4, -0.2) is 14.1 Å². The molecule has 0 aliphatic rings. The predicted octanol–water partition coefficient (Wildman–Crippen LogP) is 17.0. The average molecular weight is 925 g/mol. The summed E-state index contributed by atoms with van der Waals surface area (Å²) in [7, 11) is 0. The standard InChI is InChI=1S/C65H72N4O/c1-42(2)52-28-22-29-53(43(3)4)59(52)44-35-49(68-41-67(48-26-21-25-46(37-48)62(5,6)7)60(63(8,9)10)61(68)64(11,12)13)39-51(36-44)70-50-31-32-55-54-27-19-20-30-56(54)69(57(55)40-50)58-38-47(33-34-66-58)65(14,15)45-23-17-16-18-24-45/h16-40,42-43H,1-15H3. The van der Waals surface area contributed by atoms with Gasteiger partial charge in [0.15, 0.2) is 0 Å². The van der Waals surface area contributed by atoms with Crippen molar-refractivity contribution < 1.29 is 9.30 Å². The third-order valence-corrected chi connectivity index (χ3v) is 14.1. The second-order valence-corrected chi connectivity index (χ2v) is 23.6. The Balaban J connectivity index is 1.27. The van der Waals surface area contributed by atoms with Crippen molar-refractivity contribution in [3.63, 3.8) is 0 Å². The van der Waals surface area contributed by atoms with E-state index >= 15 is 0 Å². The summed E-state index contributed by atoms with van der Waals surface area (Å²) in [6.45, 7) is 34.6. The molecule has 5 heteroatoms. The van der Waals surface area contributed by atoms with E-state index in [-0.39, 0.29) is 21.7 Å². The van der Waals surface area contributed by atoms with Gasteiger partial charge in [-0.2, -0.15) is 0 Å². The van der Waals surface area contributed by atoms with E-state index in [1.807, 2.05) is 6.20 Å². The molecule has 70 heavy (non-hydrogen) atoms. The van der Waals surface area contributed by atoms with Gasteiger partial charge in [-0.25, -0.2) is 4.98 Å². The maximum Gasteiger partial charge on any atom is 0.269 e. The van der Waals surface area contributed by atoms with Crippen LogP contribution in [0.1, 0.15) is 155 Å². The fourth-order valence-corrected chi connectivity index (χ4v) is 10.4. The van der Waals surface area contributed by atoms with Gasteiger partial charge < -0.3 is 4.74 Å². The molecule has 0 aliphatic carbocycles. The van der Waals surface area contributed by atoms with Gasteiger partial charge >= 0.3 is 0 Å². The number of benzene rings is 6. The van der Waals surface area contributed by atoms with Crippen LogP contribution < -0.4 is 9.30 Å². The van der Waals surface area contributed by atoms with Crippen molar-refractivity contribution in [2.24, 2.45) is 0 Å². The smallest absolute Gasteiger partial charge is 0.269 e. The number of aromatic nitrogens is 4. The highest BCUT2D eigenvalue weighted by Crippen LogP contribution is 2.43. The first-order valence-electron chi connectivity index (χ1n) is 25.3. The fourth-order valence-electron chi connectivity index (χ4n) is 10.4. The summed E-state index contributed by atoms with van der Waals surface area (Å²) in [5, 5.41) is 2.31. The van der Waals surface area contributed by atoms with E-state index in [9.17, 15) is 0 Å². The summed E-state index contributed by atoms with van der Waals surface area (Å²) in [5.41, 5.74) is 14.8. The zero-order valence-electron chi connectivity index (χ0n) is 44.3. The molecule has 0 radical (unpaired) electrons. The van der Waals surface area contributed by atoms with Crippen LogP contribution in [0.25, 0.3) is 50.1 Å². The van der Waals surface area contributed by atoms with Crippen molar-refractivity contribution in [1.29, 1.82) is 0 Å². The summed E-state index contributed by atoms with van der Waals surface area (Å²) in [5.74, 6) is 3.00. The van der Waals surface area contributed by atoms with E-state index in [1.165, 1.54) is 50.2 Å². The van der Waals surface area contributed by atoms with E-state index in [0.717, 1.165) is 50.7 Å². The Bertz CT molecular complexity index is 3350. The van der Waals surface area contributed by atoms with Gasteiger partial charge in [0, 0.05) is 28.5 Å². The van der Waals surface area contributed by atoms with Gasteiger partial charge in [0.05, 0.1) is 33.8 Å². The highest BCUT2D eigenvalue weighted by molar-refractivity contribution is 6.09. The van der Waals surface area contributed by atoms with Crippen molar-refractivity contribution in [2.75, 3.05) is 0 Å². The lowest BCUT2D eigenvalue weighted by Gasteiger charge is -2.30. The zero-order valence-corrected chi connectivity index (χ0v) is 44.3. The molecule has 0 fully saturated rings. The van der Waals surface area contributed by atoms with Crippen LogP contribution >= 0.6 is 0 Å². The Morgan fingerprint density at radius 3 is 1.83 bits per heavy atom. The minimum absolute atomic E-state index is 0.0103. The van der Waals surface area contributed by atoms with Gasteiger partial charge in [0.25, 0.3) is 6.33 Å². The van der Waals surface area contributed by atoms with Crippen LogP contribution in [-0.2, 0) is 21.7 Å². The number of hydrogen-bond acceptors (Lipinski definition) is 2. The van der Waals surface area contributed by atoms with Gasteiger partial charge in [-0.1, -0.05) is 183 Å². The van der Waals surface area contributed by atoms with E-state index < -0.39 is 0 Å². The molecule has 0 spiro atoms. The average Bonchev–Trinajstić information content (AvgIpc) is 3.90. The number of ether oxygens (including phenoxy) is 1. The Hall–Kier alpha value is -6.72. The van der Waals surface area contributed by atoms with Crippen molar-refractivity contribution >= 4 is 21.8 Å². The summed E-state index contributed by atoms with van der Waals surface area (Å²) in [4.78, 5) is 5.04. The van der Waals surface area contributed by atoms with E-state index in [2.05, 4.69) is 269 Å². The van der Waals surface area contributed by atoms with Gasteiger partial charge in [0.1, 0.15) is 17.3 Å². The predicted molar refractivity (Wildman–Crippen MR) is 293 cm³/mol. The number of hydrogen-bond donors (Lipinski definition) is 0. The Labute approximate surface area is 417 Å². The lowest BCUT2D eigenvalue weighted by Crippen LogP contribution is -2.40. The molecule has 0 atom stereocenters. The molecule has 9 aromatic rings. The van der Waals surface area contributed by atoms with Crippen LogP contribution in [0.3, 0.4) is 0 Å². The fraction of sp³-hybridized carbons (Fsp3) is 0.323. The van der Waals surface area contributed by atoms with Gasteiger partial charge in [-0.3, -0.25) is 13.7 Å². The molecule has 3 aromatic heterocycles. The van der Waals surface area contributed by atoms with Gasteiger partial charge in [0.2, 0.25) is 0 Å². The molecular formula is C65H72N4O. The third kappa shape index (κ3) is 9.00. The molecule has 358 valence electrons. The summed E-state index contributed by atoms with van der Waals surface area (Å²) in [6.07, 6.45) is 5.93. The van der Waals surface area contributed by atoms with Gasteiger partial charge in [-0.15, -0.1) is 0 Å². The molecule has 0 bridgehead atoms. The van der Waals surface area contributed by atoms with E-state index in [1.54, 1.807) is 0 Å². The Morgan fingerprint density at radius 2 is 1.17 bits per heavy atom. The minimum Gasteiger partial charge on any atom is -0.458 e. The largest absolute Gasteiger partial charge is 0.458 e. The van der Waals surface area contributed by atoms with E-state index in [0.29, 0.717) is 11.8 Å². The molecule has 0 unspecified atom stereocenters. The van der Waals surface area contributed by atoms with Crippen LogP contribution in [0.2, 0.25) is 0 Å². The minimum atomic E-state index is -0.248. The van der Waals surface area contributed by atoms with E-state index in [4.69, 9.17) is 9.72 Å². The topological polar surface area (TPSA) is 35.9 Å². The first kappa shape index (κ1) is 48.3. The molecule has 9 rings (SSSR count). The first-order valence-corrected chi connectivity index (χ1v) is 25.3. The molecule has 0 amide bonds. The molecule has 0 saturated carbocycles. The molecule has 0 N–H and O–H groups in total. The second-order valence-electron chi connectivity index (χ2n) is 23.6. The van der Waals surface area contributed by atoms with Crippen LogP contribution in [0.15, 0.2) is 152 Å². The second kappa shape index (κ2) is 17.9. The van der Waals surface area contributed by atoms with Crippen LogP contribution in [0.5, 0.6) is 11.5 Å². The SMILES string of the molecule is CC(C)c1cccc(C(C)C)c1-c1cc(Oc2ccc3c4ccccc4n(-c4cc(C(C)(C)c5ccccc5)ccn4)c3c2)cc(-n2[c-][n+](-c3cccc(C(C)(C)C)c3)c(C(C)(C)C)c2C(C)(C)C)c1. The number of rotatable bonds is 10. The molecule has 0 saturated heterocycles. The summed E-state index contributed by atoms with van der Waals surface area (Å²) < 4.78 is 14.2. The Kier molecular flexibility index (Phi) is 12.4. The monoisotopic (exact) mass is 925 g/mol. The van der Waals surface area contributed by atoms with Crippen molar-refractivity contribution in [2.45, 2.75) is 137 Å². The molecule has 5 nitrogen and oxygen atoms in total. The third-order valence-electron chi connectivity index (χ3n) is 14.1. The van der Waals surface area contributed by atoms with Crippen molar-refractivity contribution in [3.8, 4) is 39.8 Å². The molecular weight excluding hydrogens is 853 g/mol. The first-order chi connectivity index (χ1) is 33.0. The normalized spacial score (nSPS) is 12.8. The maximum atomic E-state index is 7.23. The number of para-hydroxylation sites is 1. The quantitative estimate of drug-likeness (QED) is 0.101. The van der Waals surface area contributed by atoms with Crippen molar-refractivity contribution in [1.82, 2.24) is 14.1 Å². The number of nitrogens with zero attached hydrogens (tertiary/aromatic N) is 4. The maximum absolute atomic E-state index is 7.23. The molecule has 3 heterocycles. The highest BCUT2D eigenvalue weighted by atomic mass is 16.5. The highest BCUT2D eigenvalue weighted by Gasteiger charge is 2.35. The van der Waals surface area contributed by atoms with Crippen LogP contribution in [0, 0.1) is 6.33 Å².